The van der Waals surface area contributed by atoms with Crippen LogP contribution in [0.25, 0.3) is 0 Å². The van der Waals surface area contributed by atoms with Crippen LogP contribution < -0.4 is 5.73 Å². The Bertz CT molecular complexity index is 849. The summed E-state index contributed by atoms with van der Waals surface area (Å²) < 4.78 is 0. The van der Waals surface area contributed by atoms with Gasteiger partial charge in [-0.25, -0.2) is 0 Å². The lowest BCUT2D eigenvalue weighted by Crippen LogP contribution is -2.51. The van der Waals surface area contributed by atoms with Crippen molar-refractivity contribution in [2.45, 2.75) is 24.8 Å². The Hall–Kier alpha value is -2.58. The molecule has 0 aromatic heterocycles. The Morgan fingerprint density at radius 1 is 1.21 bits per heavy atom. The van der Waals surface area contributed by atoms with E-state index in [4.69, 9.17) is 17.3 Å². The SMILES string of the molecule is N#CC1=C2C=CCC[C@@H]2[C@H](c2cccc(Cl)c2)C(C#N)(C#N)[C@H]1N. The topological polar surface area (TPSA) is 97.4 Å². The molecule has 0 heterocycles. The second kappa shape index (κ2) is 6.14. The van der Waals surface area contributed by atoms with Gasteiger partial charge in [0.25, 0.3) is 0 Å². The fraction of sp³-hybridized carbons (Fsp3) is 0.316. The van der Waals surface area contributed by atoms with Gasteiger partial charge in [0.15, 0.2) is 5.41 Å². The monoisotopic (exact) mass is 334 g/mol. The van der Waals surface area contributed by atoms with Crippen LogP contribution in [-0.4, -0.2) is 6.04 Å². The van der Waals surface area contributed by atoms with E-state index in [2.05, 4.69) is 18.2 Å². The largest absolute Gasteiger partial charge is 0.321 e. The van der Waals surface area contributed by atoms with E-state index < -0.39 is 17.4 Å². The van der Waals surface area contributed by atoms with Crippen LogP contribution in [0.3, 0.4) is 0 Å². The maximum atomic E-state index is 9.88. The van der Waals surface area contributed by atoms with Gasteiger partial charge in [0.05, 0.1) is 29.8 Å². The molecule has 3 atom stereocenters. The zero-order valence-electron chi connectivity index (χ0n) is 12.9. The number of allylic oxidation sites excluding steroid dienone is 3. The van der Waals surface area contributed by atoms with Crippen molar-refractivity contribution in [1.29, 1.82) is 15.8 Å². The molecule has 0 saturated carbocycles. The van der Waals surface area contributed by atoms with Gasteiger partial charge >= 0.3 is 0 Å². The van der Waals surface area contributed by atoms with Gasteiger partial charge in [0.2, 0.25) is 0 Å². The fourth-order valence-corrected chi connectivity index (χ4v) is 4.15. The normalized spacial score (nSPS) is 27.5. The molecule has 2 N–H and O–H groups in total. The number of hydrogen-bond acceptors (Lipinski definition) is 4. The Kier molecular flexibility index (Phi) is 4.16. The van der Waals surface area contributed by atoms with E-state index >= 15 is 0 Å². The van der Waals surface area contributed by atoms with Crippen molar-refractivity contribution in [3.8, 4) is 18.2 Å². The number of hydrogen-bond donors (Lipinski definition) is 1. The molecule has 0 bridgehead atoms. The van der Waals surface area contributed by atoms with E-state index in [1.807, 2.05) is 24.3 Å². The van der Waals surface area contributed by atoms with Crippen molar-refractivity contribution in [1.82, 2.24) is 0 Å². The van der Waals surface area contributed by atoms with Crippen molar-refractivity contribution in [2.75, 3.05) is 0 Å². The fourth-order valence-electron chi connectivity index (χ4n) is 3.95. The van der Waals surface area contributed by atoms with E-state index in [0.29, 0.717) is 10.6 Å². The van der Waals surface area contributed by atoms with Crippen LogP contribution in [0.15, 0.2) is 47.6 Å². The molecule has 2 aliphatic carbocycles. The molecule has 0 spiro atoms. The van der Waals surface area contributed by atoms with E-state index in [1.54, 1.807) is 12.1 Å². The van der Waals surface area contributed by atoms with Crippen LogP contribution >= 0.6 is 11.6 Å². The molecule has 1 aromatic carbocycles. The van der Waals surface area contributed by atoms with Crippen molar-refractivity contribution in [3.63, 3.8) is 0 Å². The molecule has 2 aliphatic rings. The zero-order chi connectivity index (χ0) is 17.3. The van der Waals surface area contributed by atoms with Crippen LogP contribution in [0.2, 0.25) is 5.02 Å². The molecule has 24 heavy (non-hydrogen) atoms. The van der Waals surface area contributed by atoms with Crippen molar-refractivity contribution in [3.05, 3.63) is 58.1 Å². The average Bonchev–Trinajstić information content (AvgIpc) is 2.61. The molecule has 118 valence electrons. The lowest BCUT2D eigenvalue weighted by molar-refractivity contribution is 0.261. The molecule has 0 amide bonds. The molecule has 0 saturated heterocycles. The summed E-state index contributed by atoms with van der Waals surface area (Å²) in [7, 11) is 0. The van der Waals surface area contributed by atoms with Gasteiger partial charge in [-0.3, -0.25) is 0 Å². The van der Waals surface area contributed by atoms with Crippen LogP contribution in [0.1, 0.15) is 24.3 Å². The van der Waals surface area contributed by atoms with E-state index in [-0.39, 0.29) is 5.92 Å². The number of halogens is 1. The number of nitrogens with zero attached hydrogens (tertiary/aromatic N) is 3. The van der Waals surface area contributed by atoms with Crippen molar-refractivity contribution in [2.24, 2.45) is 17.1 Å². The molecule has 5 heteroatoms. The quantitative estimate of drug-likeness (QED) is 0.848. The maximum Gasteiger partial charge on any atom is 0.170 e. The summed E-state index contributed by atoms with van der Waals surface area (Å²) in [6.07, 6.45) is 5.54. The minimum absolute atomic E-state index is 0.0952. The first kappa shape index (κ1) is 16.3. The standard InChI is InChI=1S/C19H15ClN4/c20-13-5-3-4-12(8-13)17-15-7-2-1-6-14(15)16(9-21)18(24)19(17,10-22)11-23/h1,3-6,8,15,17-18H,2,7,24H2/t15-,17-,18-/m0/s1. The van der Waals surface area contributed by atoms with Crippen molar-refractivity contribution >= 4 is 11.6 Å². The van der Waals surface area contributed by atoms with Gasteiger partial charge in [0, 0.05) is 10.9 Å². The highest BCUT2D eigenvalue weighted by Gasteiger charge is 2.55. The second-order valence-corrected chi connectivity index (χ2v) is 6.61. The average molecular weight is 335 g/mol. The molecule has 4 nitrogen and oxygen atoms in total. The highest BCUT2D eigenvalue weighted by atomic mass is 35.5. The summed E-state index contributed by atoms with van der Waals surface area (Å²) >= 11 is 6.14. The third-order valence-electron chi connectivity index (χ3n) is 5.04. The molecule has 0 aliphatic heterocycles. The van der Waals surface area contributed by atoms with E-state index in [9.17, 15) is 15.8 Å². The lowest BCUT2D eigenvalue weighted by atomic mass is 9.55. The molecule has 0 unspecified atom stereocenters. The van der Waals surface area contributed by atoms with Gasteiger partial charge in [-0.1, -0.05) is 35.9 Å². The molecule has 3 rings (SSSR count). The first-order valence-electron chi connectivity index (χ1n) is 7.73. The smallest absolute Gasteiger partial charge is 0.170 e. The van der Waals surface area contributed by atoms with Gasteiger partial charge in [-0.05, 0) is 42.0 Å². The number of rotatable bonds is 1. The lowest BCUT2D eigenvalue weighted by Gasteiger charge is -2.45. The Morgan fingerprint density at radius 3 is 2.58 bits per heavy atom. The number of nitrogens with two attached hydrogens (primary N) is 1. The highest BCUT2D eigenvalue weighted by molar-refractivity contribution is 6.30. The summed E-state index contributed by atoms with van der Waals surface area (Å²) in [4.78, 5) is 0. The summed E-state index contributed by atoms with van der Waals surface area (Å²) in [5.41, 5.74) is 6.79. The van der Waals surface area contributed by atoms with Crippen LogP contribution in [0.4, 0.5) is 0 Å². The molecular formula is C19H15ClN4. The molecule has 0 fully saturated rings. The first-order chi connectivity index (χ1) is 11.6. The summed E-state index contributed by atoms with van der Waals surface area (Å²) in [5, 5.41) is 29.9. The highest BCUT2D eigenvalue weighted by Crippen LogP contribution is 2.54. The number of fused-ring (bicyclic) bond motifs is 1. The van der Waals surface area contributed by atoms with Crippen LogP contribution in [0.5, 0.6) is 0 Å². The van der Waals surface area contributed by atoms with E-state index in [0.717, 1.165) is 24.0 Å². The maximum absolute atomic E-state index is 9.88. The third kappa shape index (κ3) is 2.22. The number of nitriles is 3. The number of benzene rings is 1. The van der Waals surface area contributed by atoms with Gasteiger partial charge in [-0.15, -0.1) is 0 Å². The molecular weight excluding hydrogens is 320 g/mol. The summed E-state index contributed by atoms with van der Waals surface area (Å²) in [5.74, 6) is -0.513. The molecule has 1 aromatic rings. The van der Waals surface area contributed by atoms with Crippen LogP contribution in [0, 0.1) is 45.3 Å². The second-order valence-electron chi connectivity index (χ2n) is 6.17. The van der Waals surface area contributed by atoms with Gasteiger partial charge in [-0.2, -0.15) is 15.8 Å². The molecule has 0 radical (unpaired) electrons. The third-order valence-corrected chi connectivity index (χ3v) is 5.28. The zero-order valence-corrected chi connectivity index (χ0v) is 13.7. The summed E-state index contributed by atoms with van der Waals surface area (Å²) in [6, 6.07) is 12.7. The van der Waals surface area contributed by atoms with Crippen LogP contribution in [-0.2, 0) is 0 Å². The predicted molar refractivity (Wildman–Crippen MR) is 90.3 cm³/mol. The minimum Gasteiger partial charge on any atom is -0.321 e. The van der Waals surface area contributed by atoms with Gasteiger partial charge in [0.1, 0.15) is 0 Å². The predicted octanol–water partition coefficient (Wildman–Crippen LogP) is 3.58. The Balaban J connectivity index is 2.31. The summed E-state index contributed by atoms with van der Waals surface area (Å²) in [6.45, 7) is 0. The van der Waals surface area contributed by atoms with Crippen molar-refractivity contribution < 1.29 is 0 Å². The first-order valence-corrected chi connectivity index (χ1v) is 8.11. The van der Waals surface area contributed by atoms with Gasteiger partial charge < -0.3 is 5.73 Å². The van der Waals surface area contributed by atoms with E-state index in [1.165, 1.54) is 0 Å². The Labute approximate surface area is 146 Å². The minimum atomic E-state index is -1.49. The Morgan fingerprint density at radius 2 is 1.96 bits per heavy atom.